The standard InChI is InChI=1S/C15H17NO4S/c1-15(2,3)20-14(19)16-12(13(17)18)10-5-4-6-11-9(10)7-8-21-11/h4-8,12H,1-3H3,(H,16,19)(H,17,18). The zero-order valence-corrected chi connectivity index (χ0v) is 12.9. The van der Waals surface area contributed by atoms with Crippen LogP contribution in [0.5, 0.6) is 0 Å². The molecule has 1 unspecified atom stereocenters. The van der Waals surface area contributed by atoms with E-state index in [1.165, 1.54) is 11.3 Å². The highest BCUT2D eigenvalue weighted by Crippen LogP contribution is 2.28. The Hall–Kier alpha value is -2.08. The third-order valence-corrected chi connectivity index (χ3v) is 3.63. The minimum absolute atomic E-state index is 0.548. The van der Waals surface area contributed by atoms with Crippen molar-refractivity contribution < 1.29 is 19.4 Å². The van der Waals surface area contributed by atoms with Crippen molar-refractivity contribution in [2.45, 2.75) is 32.4 Å². The molecule has 0 spiro atoms. The van der Waals surface area contributed by atoms with E-state index in [-0.39, 0.29) is 0 Å². The van der Waals surface area contributed by atoms with Crippen molar-refractivity contribution >= 4 is 33.5 Å². The van der Waals surface area contributed by atoms with Crippen LogP contribution in [0.1, 0.15) is 32.4 Å². The number of benzene rings is 1. The Morgan fingerprint density at radius 3 is 2.62 bits per heavy atom. The number of aliphatic carboxylic acids is 1. The van der Waals surface area contributed by atoms with Gasteiger partial charge in [-0.25, -0.2) is 9.59 Å². The molecule has 0 aliphatic rings. The van der Waals surface area contributed by atoms with Gasteiger partial charge >= 0.3 is 12.1 Å². The Morgan fingerprint density at radius 1 is 1.29 bits per heavy atom. The van der Waals surface area contributed by atoms with Crippen molar-refractivity contribution in [1.29, 1.82) is 0 Å². The summed E-state index contributed by atoms with van der Waals surface area (Å²) in [6, 6.07) is 6.10. The topological polar surface area (TPSA) is 75.6 Å². The number of carbonyl (C=O) groups excluding carboxylic acids is 1. The van der Waals surface area contributed by atoms with Crippen LogP contribution < -0.4 is 5.32 Å². The minimum Gasteiger partial charge on any atom is -0.479 e. The highest BCUT2D eigenvalue weighted by atomic mass is 32.1. The Kier molecular flexibility index (Phi) is 4.18. The zero-order chi connectivity index (χ0) is 15.6. The number of nitrogens with one attached hydrogen (secondary N) is 1. The molecule has 1 aromatic carbocycles. The third-order valence-electron chi connectivity index (χ3n) is 2.75. The monoisotopic (exact) mass is 307 g/mol. The molecule has 0 aliphatic carbocycles. The lowest BCUT2D eigenvalue weighted by molar-refractivity contribution is -0.139. The van der Waals surface area contributed by atoms with Gasteiger partial charge in [-0.15, -0.1) is 11.3 Å². The second kappa shape index (κ2) is 5.73. The maximum Gasteiger partial charge on any atom is 0.408 e. The SMILES string of the molecule is CC(C)(C)OC(=O)NC(C(=O)O)c1cccc2sccc12. The summed E-state index contributed by atoms with van der Waals surface area (Å²) in [6.45, 7) is 5.17. The lowest BCUT2D eigenvalue weighted by Gasteiger charge is -2.22. The van der Waals surface area contributed by atoms with Gasteiger partial charge in [-0.1, -0.05) is 12.1 Å². The molecule has 6 heteroatoms. The van der Waals surface area contributed by atoms with Crippen LogP contribution in [-0.2, 0) is 9.53 Å². The van der Waals surface area contributed by atoms with Gasteiger partial charge in [-0.2, -0.15) is 0 Å². The number of thiophene rings is 1. The number of alkyl carbamates (subject to hydrolysis) is 1. The number of fused-ring (bicyclic) bond motifs is 1. The zero-order valence-electron chi connectivity index (χ0n) is 12.0. The first-order valence-electron chi connectivity index (χ1n) is 6.46. The Labute approximate surface area is 126 Å². The molecule has 2 N–H and O–H groups in total. The predicted octanol–water partition coefficient (Wildman–Crippen LogP) is 3.55. The smallest absolute Gasteiger partial charge is 0.408 e. The van der Waals surface area contributed by atoms with E-state index in [1.54, 1.807) is 32.9 Å². The van der Waals surface area contributed by atoms with Gasteiger partial charge in [0.1, 0.15) is 5.60 Å². The quantitative estimate of drug-likeness (QED) is 0.909. The number of rotatable bonds is 3. The van der Waals surface area contributed by atoms with Gasteiger partial charge in [0.25, 0.3) is 0 Å². The summed E-state index contributed by atoms with van der Waals surface area (Å²) in [7, 11) is 0. The van der Waals surface area contributed by atoms with Gasteiger partial charge in [0.15, 0.2) is 6.04 Å². The fourth-order valence-electron chi connectivity index (χ4n) is 1.97. The molecule has 2 rings (SSSR count). The average molecular weight is 307 g/mol. The van der Waals surface area contributed by atoms with Crippen LogP contribution in [0.15, 0.2) is 29.6 Å². The van der Waals surface area contributed by atoms with Crippen LogP contribution in [-0.4, -0.2) is 22.8 Å². The molecule has 1 aromatic heterocycles. The molecule has 112 valence electrons. The van der Waals surface area contributed by atoms with E-state index in [4.69, 9.17) is 4.74 Å². The van der Waals surface area contributed by atoms with E-state index in [1.807, 2.05) is 17.5 Å². The average Bonchev–Trinajstić information content (AvgIpc) is 2.81. The van der Waals surface area contributed by atoms with Crippen LogP contribution in [0.3, 0.4) is 0 Å². The van der Waals surface area contributed by atoms with Crippen LogP contribution in [0.2, 0.25) is 0 Å². The van der Waals surface area contributed by atoms with E-state index < -0.39 is 23.7 Å². The fourth-order valence-corrected chi connectivity index (χ4v) is 2.79. The van der Waals surface area contributed by atoms with Crippen LogP contribution >= 0.6 is 11.3 Å². The lowest BCUT2D eigenvalue weighted by Crippen LogP contribution is -2.38. The first-order valence-corrected chi connectivity index (χ1v) is 7.34. The summed E-state index contributed by atoms with van der Waals surface area (Å²) >= 11 is 1.52. The number of hydrogen-bond acceptors (Lipinski definition) is 4. The fraction of sp³-hybridized carbons (Fsp3) is 0.333. The molecule has 0 aliphatic heterocycles. The first-order chi connectivity index (χ1) is 9.78. The van der Waals surface area contributed by atoms with Gasteiger partial charge < -0.3 is 15.2 Å². The van der Waals surface area contributed by atoms with Crippen LogP contribution in [0.25, 0.3) is 10.1 Å². The van der Waals surface area contributed by atoms with Gasteiger partial charge in [-0.3, -0.25) is 0 Å². The second-order valence-corrected chi connectivity index (χ2v) is 6.54. The summed E-state index contributed by atoms with van der Waals surface area (Å²) < 4.78 is 6.10. The Balaban J connectivity index is 2.30. The number of hydrogen-bond donors (Lipinski definition) is 2. The van der Waals surface area contributed by atoms with Crippen LogP contribution in [0.4, 0.5) is 4.79 Å². The van der Waals surface area contributed by atoms with Gasteiger partial charge in [0.05, 0.1) is 0 Å². The number of ether oxygens (including phenoxy) is 1. The molecule has 5 nitrogen and oxygen atoms in total. The first kappa shape index (κ1) is 15.3. The van der Waals surface area contributed by atoms with E-state index in [9.17, 15) is 14.7 Å². The Bertz CT molecular complexity index is 672. The molecule has 1 atom stereocenters. The molecule has 1 heterocycles. The summed E-state index contributed by atoms with van der Waals surface area (Å²) in [4.78, 5) is 23.3. The molecule has 0 saturated carbocycles. The molecule has 0 bridgehead atoms. The van der Waals surface area contributed by atoms with E-state index in [0.29, 0.717) is 5.56 Å². The van der Waals surface area contributed by atoms with Crippen LogP contribution in [0, 0.1) is 0 Å². The summed E-state index contributed by atoms with van der Waals surface area (Å²) in [5, 5.41) is 14.5. The predicted molar refractivity (Wildman–Crippen MR) is 81.6 cm³/mol. The maximum atomic E-state index is 11.8. The molecule has 2 aromatic rings. The molecule has 0 radical (unpaired) electrons. The summed E-state index contributed by atoms with van der Waals surface area (Å²) in [6.07, 6.45) is -0.748. The molecule has 0 saturated heterocycles. The second-order valence-electron chi connectivity index (χ2n) is 5.60. The van der Waals surface area contributed by atoms with Crippen molar-refractivity contribution in [3.8, 4) is 0 Å². The van der Waals surface area contributed by atoms with Gasteiger partial charge in [0.2, 0.25) is 0 Å². The van der Waals surface area contributed by atoms with E-state index in [2.05, 4.69) is 5.32 Å². The molecule has 0 fully saturated rings. The summed E-state index contributed by atoms with van der Waals surface area (Å²) in [5.41, 5.74) is -0.131. The number of carbonyl (C=O) groups is 2. The number of carboxylic acids is 1. The van der Waals surface area contributed by atoms with E-state index >= 15 is 0 Å². The normalized spacial score (nSPS) is 12.9. The molecule has 1 amide bonds. The molecule has 21 heavy (non-hydrogen) atoms. The number of amides is 1. The maximum absolute atomic E-state index is 11.8. The minimum atomic E-state index is -1.14. The van der Waals surface area contributed by atoms with E-state index in [0.717, 1.165) is 10.1 Å². The van der Waals surface area contributed by atoms with Gasteiger partial charge in [-0.05, 0) is 49.2 Å². The molecular formula is C15H17NO4S. The van der Waals surface area contributed by atoms with Crippen molar-refractivity contribution in [1.82, 2.24) is 5.32 Å². The lowest BCUT2D eigenvalue weighted by atomic mass is 10.0. The summed E-state index contributed by atoms with van der Waals surface area (Å²) in [5.74, 6) is -1.13. The van der Waals surface area contributed by atoms with Crippen molar-refractivity contribution in [3.63, 3.8) is 0 Å². The largest absolute Gasteiger partial charge is 0.479 e. The highest BCUT2D eigenvalue weighted by Gasteiger charge is 2.26. The molecular weight excluding hydrogens is 290 g/mol. The number of carboxylic acid groups (broad SMARTS) is 1. The third kappa shape index (κ3) is 3.72. The van der Waals surface area contributed by atoms with Crippen molar-refractivity contribution in [2.75, 3.05) is 0 Å². The van der Waals surface area contributed by atoms with Crippen molar-refractivity contribution in [2.24, 2.45) is 0 Å². The highest BCUT2D eigenvalue weighted by molar-refractivity contribution is 7.17. The Morgan fingerprint density at radius 2 is 2.00 bits per heavy atom. The van der Waals surface area contributed by atoms with Crippen molar-refractivity contribution in [3.05, 3.63) is 35.2 Å². The van der Waals surface area contributed by atoms with Gasteiger partial charge in [0, 0.05) is 4.70 Å².